The number of nitrogens with zero attached hydrogens (tertiary/aromatic N) is 3. The molecule has 0 aromatic carbocycles. The topological polar surface area (TPSA) is 168 Å². The minimum Gasteiger partial charge on any atom is -0.245 e. The van der Waals surface area contributed by atoms with Crippen molar-refractivity contribution in [3.8, 4) is 0 Å². The smallest absolute Gasteiger partial charge is 0.245 e. The summed E-state index contributed by atoms with van der Waals surface area (Å²) in [6, 6.07) is 0. The van der Waals surface area contributed by atoms with Crippen molar-refractivity contribution in [1.29, 1.82) is 0 Å². The summed E-state index contributed by atoms with van der Waals surface area (Å²) in [5.74, 6) is 0. The van der Waals surface area contributed by atoms with E-state index < -0.39 is 59.1 Å². The van der Waals surface area contributed by atoms with Crippen molar-refractivity contribution < 1.29 is 25.3 Å². The van der Waals surface area contributed by atoms with Crippen molar-refractivity contribution in [1.82, 2.24) is 11.9 Å². The Kier molecular flexibility index (Phi) is 4.75. The predicted molar refractivity (Wildman–Crippen MR) is 82.8 cm³/mol. The van der Waals surface area contributed by atoms with Crippen molar-refractivity contribution in [2.45, 2.75) is 0 Å². The van der Waals surface area contributed by atoms with Gasteiger partial charge in [0.1, 0.15) is 0 Å². The molecule has 0 spiro atoms. The molecule has 0 N–H and O–H groups in total. The van der Waals surface area contributed by atoms with Crippen molar-refractivity contribution in [2.75, 3.05) is 0 Å². The van der Waals surface area contributed by atoms with Gasteiger partial charge >= 0.3 is 17.1 Å². The summed E-state index contributed by atoms with van der Waals surface area (Å²) in [6.07, 6.45) is 0. The molecule has 15 heteroatoms. The average molecular weight is 399 g/mol. The molecule has 0 bridgehead atoms. The van der Waals surface area contributed by atoms with Gasteiger partial charge < -0.3 is 0 Å². The van der Waals surface area contributed by atoms with E-state index in [1.165, 1.54) is 0 Å². The van der Waals surface area contributed by atoms with Gasteiger partial charge in [0, 0.05) is 16.2 Å². The van der Waals surface area contributed by atoms with Gasteiger partial charge in [-0.25, -0.2) is 39.6 Å². The predicted octanol–water partition coefficient (Wildman–Crippen LogP) is -2.86. The molecule has 0 radical (unpaired) electrons. The van der Waals surface area contributed by atoms with E-state index in [1.807, 2.05) is 0 Å². The van der Waals surface area contributed by atoms with Crippen LogP contribution in [0.15, 0.2) is 50.3 Å². The quantitative estimate of drug-likeness (QED) is 0.488. The van der Waals surface area contributed by atoms with Gasteiger partial charge in [-0.15, -0.1) is 11.9 Å². The third kappa shape index (κ3) is 2.83. The first-order chi connectivity index (χ1) is 10.8. The van der Waals surface area contributed by atoms with Crippen molar-refractivity contribution in [3.05, 3.63) is 67.4 Å². The van der Waals surface area contributed by atoms with Crippen molar-refractivity contribution in [3.63, 3.8) is 0 Å². The summed E-state index contributed by atoms with van der Waals surface area (Å²) < 4.78 is 68.3. The van der Waals surface area contributed by atoms with Crippen LogP contribution >= 0.6 is 0 Å². The van der Waals surface area contributed by atoms with Gasteiger partial charge in [-0.2, -0.15) is 0 Å². The van der Waals surface area contributed by atoms with Crippen LogP contribution in [0.1, 0.15) is 0 Å². The molecular formula is C9H9N3O9S3. The maximum atomic E-state index is 12.0. The maximum Gasteiger partial charge on any atom is 0.365 e. The summed E-state index contributed by atoms with van der Waals surface area (Å²) in [6.45, 7) is 8.44. The molecule has 0 amide bonds. The Balaban J connectivity index is 4.62. The summed E-state index contributed by atoms with van der Waals surface area (Å²) in [4.78, 5) is 36.1. The molecule has 1 aromatic heterocycles. The monoisotopic (exact) mass is 399 g/mol. The van der Waals surface area contributed by atoms with Crippen molar-refractivity contribution >= 4 is 30.1 Å². The van der Waals surface area contributed by atoms with E-state index in [9.17, 15) is 39.6 Å². The lowest BCUT2D eigenvalue weighted by Crippen LogP contribution is -2.58. The minimum atomic E-state index is -4.98. The average Bonchev–Trinajstić information content (AvgIpc) is 2.46. The highest BCUT2D eigenvalue weighted by atomic mass is 32.2. The zero-order chi connectivity index (χ0) is 19.1. The largest absolute Gasteiger partial charge is 0.365 e. The number of hydrogen-bond donors (Lipinski definition) is 0. The van der Waals surface area contributed by atoms with E-state index in [4.69, 9.17) is 0 Å². The first-order valence-electron chi connectivity index (χ1n) is 5.43. The maximum absolute atomic E-state index is 12.0. The van der Waals surface area contributed by atoms with E-state index in [1.54, 1.807) is 0 Å². The Morgan fingerprint density at radius 3 is 0.833 bits per heavy atom. The number of hydrogen-bond acceptors (Lipinski definition) is 9. The van der Waals surface area contributed by atoms with Gasteiger partial charge in [-0.1, -0.05) is 19.7 Å². The van der Waals surface area contributed by atoms with E-state index in [2.05, 4.69) is 19.7 Å². The molecule has 0 saturated heterocycles. The van der Waals surface area contributed by atoms with Crippen LogP contribution in [0.3, 0.4) is 0 Å². The highest BCUT2D eigenvalue weighted by Gasteiger charge is 2.31. The van der Waals surface area contributed by atoms with Crippen LogP contribution < -0.4 is 17.1 Å². The third-order valence-electron chi connectivity index (χ3n) is 2.44. The summed E-state index contributed by atoms with van der Waals surface area (Å²) in [7, 11) is -14.9. The summed E-state index contributed by atoms with van der Waals surface area (Å²) in [5.41, 5.74) is -6.42. The molecule has 0 aliphatic carbocycles. The van der Waals surface area contributed by atoms with E-state index in [-0.39, 0.29) is 16.2 Å². The van der Waals surface area contributed by atoms with Gasteiger partial charge in [-0.3, -0.25) is 0 Å². The lowest BCUT2D eigenvalue weighted by molar-refractivity contribution is 0.562. The Morgan fingerprint density at radius 2 is 0.708 bits per heavy atom. The summed E-state index contributed by atoms with van der Waals surface area (Å²) >= 11 is 0. The Labute approximate surface area is 135 Å². The number of rotatable bonds is 6. The molecule has 132 valence electrons. The molecule has 1 rings (SSSR count). The Hall–Kier alpha value is -2.52. The Morgan fingerprint density at radius 1 is 0.542 bits per heavy atom. The molecular weight excluding hydrogens is 390 g/mol. The Bertz CT molecular complexity index is 1050. The zero-order valence-electron chi connectivity index (χ0n) is 11.6. The minimum absolute atomic E-state index is 0.0794. The van der Waals surface area contributed by atoms with Crippen LogP contribution in [0.25, 0.3) is 0 Å². The van der Waals surface area contributed by atoms with Crippen LogP contribution in [-0.4, -0.2) is 37.2 Å². The summed E-state index contributed by atoms with van der Waals surface area (Å²) in [5, 5.41) is 0.238. The van der Waals surface area contributed by atoms with Gasteiger partial charge in [0.25, 0.3) is 30.1 Å². The normalized spacial score (nSPS) is 12.5. The van der Waals surface area contributed by atoms with Gasteiger partial charge in [-0.05, 0) is 0 Å². The fourth-order valence-electron chi connectivity index (χ4n) is 1.37. The molecule has 0 fully saturated rings. The first kappa shape index (κ1) is 19.5. The fourth-order valence-corrected chi connectivity index (χ4v) is 3.77. The van der Waals surface area contributed by atoms with Gasteiger partial charge in [0.2, 0.25) is 0 Å². The fraction of sp³-hybridized carbons (Fsp3) is 0. The van der Waals surface area contributed by atoms with Gasteiger partial charge in [0.15, 0.2) is 0 Å². The number of aromatic nitrogens is 3. The van der Waals surface area contributed by atoms with Gasteiger partial charge in [0.05, 0.1) is 0 Å². The zero-order valence-corrected chi connectivity index (χ0v) is 14.0. The van der Waals surface area contributed by atoms with E-state index in [0.717, 1.165) is 0 Å². The SMILES string of the molecule is C=CS(=O)(=O)n1c(=O)n(S(=O)(=O)C=C)c(=O)n(S(=O)(=O)C=C)c1=O. The molecule has 12 nitrogen and oxygen atoms in total. The van der Waals surface area contributed by atoms with Crippen LogP contribution in [0, 0.1) is 0 Å². The van der Waals surface area contributed by atoms with E-state index >= 15 is 0 Å². The lowest BCUT2D eigenvalue weighted by atomic mass is 11.0. The second-order valence-corrected chi connectivity index (χ2v) is 8.96. The molecule has 0 aliphatic rings. The molecule has 0 unspecified atom stereocenters. The standard InChI is InChI=1S/C9H9N3O9S3/c1-4-22(16,17)10-7(13)11(23(18,19)5-2)9(15)12(8(10)14)24(20,21)6-3/h4-6H,1-3H2. The van der Waals surface area contributed by atoms with Crippen LogP contribution in [-0.2, 0) is 30.1 Å². The first-order valence-corrected chi connectivity index (χ1v) is 9.94. The second-order valence-electron chi connectivity index (χ2n) is 3.78. The molecule has 24 heavy (non-hydrogen) atoms. The molecule has 0 atom stereocenters. The highest BCUT2D eigenvalue weighted by Crippen LogP contribution is 1.96. The molecule has 0 aliphatic heterocycles. The van der Waals surface area contributed by atoms with Crippen LogP contribution in [0.2, 0.25) is 0 Å². The van der Waals surface area contributed by atoms with E-state index in [0.29, 0.717) is 0 Å². The second kappa shape index (κ2) is 5.84. The molecule has 1 heterocycles. The molecule has 1 aromatic rings. The lowest BCUT2D eigenvalue weighted by Gasteiger charge is -2.10. The third-order valence-corrected chi connectivity index (χ3v) is 6.17. The highest BCUT2D eigenvalue weighted by molar-refractivity contribution is 7.94. The van der Waals surface area contributed by atoms with Crippen LogP contribution in [0.5, 0.6) is 0 Å². The van der Waals surface area contributed by atoms with Crippen LogP contribution in [0.4, 0.5) is 0 Å². The van der Waals surface area contributed by atoms with Crippen molar-refractivity contribution in [2.24, 2.45) is 0 Å². The molecule has 0 saturated carbocycles.